The highest BCUT2D eigenvalue weighted by Gasteiger charge is 2.10. The summed E-state index contributed by atoms with van der Waals surface area (Å²) < 4.78 is 26.6. The lowest BCUT2D eigenvalue weighted by atomic mass is 10.1. The third kappa shape index (κ3) is 2.46. The summed E-state index contributed by atoms with van der Waals surface area (Å²) in [6.45, 7) is 0. The van der Waals surface area contributed by atoms with Crippen LogP contribution < -0.4 is 11.1 Å². The minimum absolute atomic E-state index is 0.0405. The molecule has 2 rings (SSSR count). The Kier molecular flexibility index (Phi) is 3.53. The fraction of sp³-hybridized carbons (Fsp3) is 0. The van der Waals surface area contributed by atoms with Gasteiger partial charge < -0.3 is 11.1 Å². The summed E-state index contributed by atoms with van der Waals surface area (Å²) in [6.07, 6.45) is 0. The van der Waals surface area contributed by atoms with E-state index in [0.717, 1.165) is 6.07 Å². The molecule has 0 atom stereocenters. The first-order valence-electron chi connectivity index (χ1n) is 5.19. The van der Waals surface area contributed by atoms with Gasteiger partial charge in [-0.15, -0.1) is 0 Å². The van der Waals surface area contributed by atoms with E-state index in [0.29, 0.717) is 11.3 Å². The molecular weight excluding hydrogens is 254 g/mol. The summed E-state index contributed by atoms with van der Waals surface area (Å²) in [7, 11) is 0. The standard InChI is InChI=1S/C13H10F2N2S/c14-9-5-3-7-11(12(9)15)17-10-6-2-1-4-8(10)13(16)18/h1-7,17H,(H2,16,18). The van der Waals surface area contributed by atoms with Gasteiger partial charge in [0.05, 0.1) is 5.69 Å². The van der Waals surface area contributed by atoms with Crippen molar-refractivity contribution < 1.29 is 8.78 Å². The van der Waals surface area contributed by atoms with Gasteiger partial charge in [-0.2, -0.15) is 0 Å². The molecule has 0 saturated heterocycles. The molecule has 0 radical (unpaired) electrons. The van der Waals surface area contributed by atoms with E-state index >= 15 is 0 Å². The number of thiocarbonyl (C=S) groups is 1. The van der Waals surface area contributed by atoms with Gasteiger partial charge in [0, 0.05) is 11.3 Å². The maximum atomic E-state index is 13.5. The lowest BCUT2D eigenvalue weighted by Crippen LogP contribution is -2.12. The molecule has 0 aliphatic heterocycles. The molecular formula is C13H10F2N2S. The van der Waals surface area contributed by atoms with Crippen LogP contribution in [-0.4, -0.2) is 4.99 Å². The second-order valence-electron chi connectivity index (χ2n) is 3.64. The topological polar surface area (TPSA) is 38.0 Å². The number of halogens is 2. The third-order valence-electron chi connectivity index (χ3n) is 2.41. The maximum Gasteiger partial charge on any atom is 0.182 e. The first-order chi connectivity index (χ1) is 8.59. The number of nitrogens with one attached hydrogen (secondary N) is 1. The van der Waals surface area contributed by atoms with Crippen molar-refractivity contribution in [2.45, 2.75) is 0 Å². The van der Waals surface area contributed by atoms with Crippen LogP contribution in [0.3, 0.4) is 0 Å². The fourth-order valence-corrected chi connectivity index (χ4v) is 1.73. The van der Waals surface area contributed by atoms with Crippen LogP contribution in [0.2, 0.25) is 0 Å². The van der Waals surface area contributed by atoms with Crippen molar-refractivity contribution in [3.8, 4) is 0 Å². The summed E-state index contributed by atoms with van der Waals surface area (Å²) in [4.78, 5) is 0.190. The molecule has 0 spiro atoms. The molecule has 0 aliphatic rings. The quantitative estimate of drug-likeness (QED) is 0.835. The summed E-state index contributed by atoms with van der Waals surface area (Å²) in [5, 5.41) is 2.78. The second-order valence-corrected chi connectivity index (χ2v) is 4.08. The summed E-state index contributed by atoms with van der Waals surface area (Å²) in [5.74, 6) is -1.84. The predicted molar refractivity (Wildman–Crippen MR) is 72.0 cm³/mol. The summed E-state index contributed by atoms with van der Waals surface area (Å²) in [6, 6.07) is 10.8. The number of benzene rings is 2. The molecule has 2 aromatic carbocycles. The van der Waals surface area contributed by atoms with E-state index in [4.69, 9.17) is 18.0 Å². The molecule has 3 N–H and O–H groups in total. The van der Waals surface area contributed by atoms with E-state index in [1.807, 2.05) is 0 Å². The Labute approximate surface area is 108 Å². The molecule has 0 aromatic heterocycles. The molecule has 0 aliphatic carbocycles. The number of nitrogens with two attached hydrogens (primary N) is 1. The molecule has 5 heteroatoms. The monoisotopic (exact) mass is 264 g/mol. The van der Waals surface area contributed by atoms with E-state index in [2.05, 4.69) is 5.32 Å². The number of hydrogen-bond acceptors (Lipinski definition) is 2. The third-order valence-corrected chi connectivity index (χ3v) is 2.63. The van der Waals surface area contributed by atoms with Crippen molar-refractivity contribution in [1.29, 1.82) is 0 Å². The number of anilines is 2. The Morgan fingerprint density at radius 3 is 2.39 bits per heavy atom. The van der Waals surface area contributed by atoms with Crippen LogP contribution in [0, 0.1) is 11.6 Å². The summed E-state index contributed by atoms with van der Waals surface area (Å²) in [5.41, 5.74) is 6.72. The van der Waals surface area contributed by atoms with Crippen molar-refractivity contribution in [3.05, 3.63) is 59.7 Å². The average molecular weight is 264 g/mol. The van der Waals surface area contributed by atoms with E-state index in [9.17, 15) is 8.78 Å². The van der Waals surface area contributed by atoms with Crippen molar-refractivity contribution >= 4 is 28.6 Å². The minimum atomic E-state index is -0.935. The minimum Gasteiger partial charge on any atom is -0.389 e. The van der Waals surface area contributed by atoms with Gasteiger partial charge in [-0.05, 0) is 24.3 Å². The highest BCUT2D eigenvalue weighted by atomic mass is 32.1. The first kappa shape index (κ1) is 12.4. The molecule has 0 amide bonds. The van der Waals surface area contributed by atoms with E-state index in [-0.39, 0.29) is 10.7 Å². The molecule has 2 aromatic rings. The van der Waals surface area contributed by atoms with Gasteiger partial charge in [0.2, 0.25) is 0 Å². The lowest BCUT2D eigenvalue weighted by molar-refractivity contribution is 0.512. The Morgan fingerprint density at radius 2 is 1.67 bits per heavy atom. The second kappa shape index (κ2) is 5.10. The zero-order valence-corrected chi connectivity index (χ0v) is 10.1. The van der Waals surface area contributed by atoms with Gasteiger partial charge in [0.15, 0.2) is 11.6 Å². The van der Waals surface area contributed by atoms with Gasteiger partial charge in [0.25, 0.3) is 0 Å². The van der Waals surface area contributed by atoms with Crippen LogP contribution in [0.25, 0.3) is 0 Å². The van der Waals surface area contributed by atoms with Gasteiger partial charge in [-0.1, -0.05) is 30.4 Å². The molecule has 0 fully saturated rings. The van der Waals surface area contributed by atoms with Gasteiger partial charge in [-0.3, -0.25) is 0 Å². The molecule has 2 nitrogen and oxygen atoms in total. The number of hydrogen-bond donors (Lipinski definition) is 2. The van der Waals surface area contributed by atoms with E-state index < -0.39 is 11.6 Å². The van der Waals surface area contributed by atoms with Crippen LogP contribution in [0.1, 0.15) is 5.56 Å². The van der Waals surface area contributed by atoms with Crippen molar-refractivity contribution in [2.24, 2.45) is 5.73 Å². The predicted octanol–water partition coefficient (Wildman–Crippen LogP) is 3.34. The highest BCUT2D eigenvalue weighted by Crippen LogP contribution is 2.24. The van der Waals surface area contributed by atoms with Crippen molar-refractivity contribution in [1.82, 2.24) is 0 Å². The van der Waals surface area contributed by atoms with E-state index in [1.165, 1.54) is 12.1 Å². The summed E-state index contributed by atoms with van der Waals surface area (Å²) >= 11 is 4.89. The Hall–Kier alpha value is -2.01. The molecule has 0 saturated carbocycles. The van der Waals surface area contributed by atoms with Gasteiger partial charge >= 0.3 is 0 Å². The number of para-hydroxylation sites is 1. The first-order valence-corrected chi connectivity index (χ1v) is 5.60. The molecule has 0 bridgehead atoms. The zero-order valence-electron chi connectivity index (χ0n) is 9.28. The van der Waals surface area contributed by atoms with Crippen LogP contribution >= 0.6 is 12.2 Å². The van der Waals surface area contributed by atoms with Crippen molar-refractivity contribution in [2.75, 3.05) is 5.32 Å². The highest BCUT2D eigenvalue weighted by molar-refractivity contribution is 7.80. The SMILES string of the molecule is NC(=S)c1ccccc1Nc1cccc(F)c1F. The maximum absolute atomic E-state index is 13.5. The zero-order chi connectivity index (χ0) is 13.1. The molecule has 18 heavy (non-hydrogen) atoms. The number of rotatable bonds is 3. The normalized spacial score (nSPS) is 10.1. The molecule has 92 valence electrons. The van der Waals surface area contributed by atoms with Gasteiger partial charge in [-0.25, -0.2) is 8.78 Å². The average Bonchev–Trinajstić information content (AvgIpc) is 2.35. The smallest absolute Gasteiger partial charge is 0.182 e. The Morgan fingerprint density at radius 1 is 1.00 bits per heavy atom. The lowest BCUT2D eigenvalue weighted by Gasteiger charge is -2.11. The Balaban J connectivity index is 2.40. The Bertz CT molecular complexity index is 599. The molecule has 0 unspecified atom stereocenters. The van der Waals surface area contributed by atoms with Crippen LogP contribution in [0.5, 0.6) is 0 Å². The fourth-order valence-electron chi connectivity index (χ4n) is 1.55. The van der Waals surface area contributed by atoms with Crippen molar-refractivity contribution in [3.63, 3.8) is 0 Å². The van der Waals surface area contributed by atoms with Crippen LogP contribution in [0.4, 0.5) is 20.2 Å². The van der Waals surface area contributed by atoms with Crippen LogP contribution in [-0.2, 0) is 0 Å². The van der Waals surface area contributed by atoms with Gasteiger partial charge in [0.1, 0.15) is 4.99 Å². The van der Waals surface area contributed by atoms with E-state index in [1.54, 1.807) is 24.3 Å². The van der Waals surface area contributed by atoms with Crippen LogP contribution in [0.15, 0.2) is 42.5 Å². The largest absolute Gasteiger partial charge is 0.389 e. The molecule has 0 heterocycles.